The molecule has 33 heavy (non-hydrogen) atoms. The minimum Gasteiger partial charge on any atom is -0.373 e. The van der Waals surface area contributed by atoms with Crippen LogP contribution < -0.4 is 9.62 Å². The van der Waals surface area contributed by atoms with Gasteiger partial charge < -0.3 is 4.90 Å². The molecule has 0 saturated heterocycles. The van der Waals surface area contributed by atoms with E-state index in [1.807, 2.05) is 33.2 Å². The first kappa shape index (κ1) is 31.3. The lowest BCUT2D eigenvalue weighted by molar-refractivity contribution is -0.0133. The van der Waals surface area contributed by atoms with Crippen LogP contribution >= 0.6 is 0 Å². The Morgan fingerprint density at radius 1 is 1.06 bits per heavy atom. The predicted octanol–water partition coefficient (Wildman–Crippen LogP) is 7.65. The number of halogens is 2. The third kappa shape index (κ3) is 14.2. The first-order valence-corrected chi connectivity index (χ1v) is 13.6. The van der Waals surface area contributed by atoms with E-state index < -0.39 is 15.9 Å². The van der Waals surface area contributed by atoms with Gasteiger partial charge in [-0.05, 0) is 43.4 Å². The molecule has 0 aliphatic rings. The van der Waals surface area contributed by atoms with E-state index in [0.29, 0.717) is 18.5 Å². The lowest BCUT2D eigenvalue weighted by atomic mass is 9.99. The lowest BCUT2D eigenvalue weighted by Gasteiger charge is -2.20. The Kier molecular flexibility index (Phi) is 13.8. The Bertz CT molecular complexity index is 819. The highest BCUT2D eigenvalue weighted by molar-refractivity contribution is 7.92. The number of hydrogen-bond acceptors (Lipinski definition) is 4. The number of unbranched alkanes of at least 4 members (excludes halogenated alkanes) is 2. The summed E-state index contributed by atoms with van der Waals surface area (Å²) in [5.41, 5.74) is 2.26. The lowest BCUT2D eigenvalue weighted by Crippen LogP contribution is -2.18. The van der Waals surface area contributed by atoms with Gasteiger partial charge in [-0.2, -0.15) is 0 Å². The van der Waals surface area contributed by atoms with Gasteiger partial charge in [0.15, 0.2) is 0 Å². The van der Waals surface area contributed by atoms with Crippen LogP contribution in [-0.4, -0.2) is 39.9 Å². The number of nitrogens with one attached hydrogen (secondary N) is 1. The molecule has 1 aromatic rings. The molecule has 0 amide bonds. The molecule has 1 rings (SSSR count). The van der Waals surface area contributed by atoms with Crippen molar-refractivity contribution in [2.24, 2.45) is 10.4 Å². The summed E-state index contributed by atoms with van der Waals surface area (Å²) < 4.78 is 51.5. The van der Waals surface area contributed by atoms with Crippen LogP contribution in [0.4, 0.5) is 25.8 Å². The van der Waals surface area contributed by atoms with Gasteiger partial charge in [0.1, 0.15) is 0 Å². The van der Waals surface area contributed by atoms with Gasteiger partial charge in [0, 0.05) is 32.6 Å². The predicted molar refractivity (Wildman–Crippen MR) is 140 cm³/mol. The van der Waals surface area contributed by atoms with Gasteiger partial charge in [-0.25, -0.2) is 17.2 Å². The van der Waals surface area contributed by atoms with Crippen LogP contribution in [-0.2, 0) is 10.0 Å². The molecule has 5 nitrogen and oxygen atoms in total. The molecule has 0 saturated carbocycles. The van der Waals surface area contributed by atoms with Crippen LogP contribution in [0.3, 0.4) is 0 Å². The van der Waals surface area contributed by atoms with Crippen LogP contribution in [0.5, 0.6) is 0 Å². The second kappa shape index (κ2) is 14.5. The van der Waals surface area contributed by atoms with Gasteiger partial charge in [0.05, 0.1) is 22.8 Å². The molecule has 0 radical (unpaired) electrons. The van der Waals surface area contributed by atoms with Crippen molar-refractivity contribution in [1.82, 2.24) is 0 Å². The Morgan fingerprint density at radius 3 is 2.15 bits per heavy atom. The zero-order valence-electron chi connectivity index (χ0n) is 21.8. The molecule has 0 spiro atoms. The molecule has 8 heteroatoms. The summed E-state index contributed by atoms with van der Waals surface area (Å²) in [6.07, 6.45) is 4.93. The van der Waals surface area contributed by atoms with Gasteiger partial charge in [-0.15, -0.1) is 0 Å². The highest BCUT2D eigenvalue weighted by Crippen LogP contribution is 2.32. The van der Waals surface area contributed by atoms with Crippen LogP contribution in [0, 0.1) is 5.41 Å². The SMILES string of the molecule is CCCCC(F)(F)CC.CCCCS(=O)(=O)Nc1ccc(N(C)CC)c(N=CC(C)(C)C)c1. The molecule has 0 aliphatic carbocycles. The number of benzene rings is 1. The van der Waals surface area contributed by atoms with E-state index in [1.165, 1.54) is 6.92 Å². The van der Waals surface area contributed by atoms with Crippen LogP contribution in [0.15, 0.2) is 23.2 Å². The van der Waals surface area contributed by atoms with E-state index in [4.69, 9.17) is 0 Å². The summed E-state index contributed by atoms with van der Waals surface area (Å²) in [6, 6.07) is 5.50. The zero-order chi connectivity index (χ0) is 25.7. The highest BCUT2D eigenvalue weighted by atomic mass is 32.2. The summed E-state index contributed by atoms with van der Waals surface area (Å²) in [5, 5.41) is 0. The number of sulfonamides is 1. The van der Waals surface area contributed by atoms with Gasteiger partial charge >= 0.3 is 0 Å². The van der Waals surface area contributed by atoms with Crippen molar-refractivity contribution in [3.05, 3.63) is 18.2 Å². The largest absolute Gasteiger partial charge is 0.373 e. The summed E-state index contributed by atoms with van der Waals surface area (Å²) >= 11 is 0. The van der Waals surface area contributed by atoms with E-state index >= 15 is 0 Å². The highest BCUT2D eigenvalue weighted by Gasteiger charge is 2.24. The molecule has 0 aliphatic heterocycles. The molecule has 1 N–H and O–H groups in total. The Balaban J connectivity index is 0.000000960. The average molecular weight is 490 g/mol. The maximum Gasteiger partial charge on any atom is 0.247 e. The number of anilines is 2. The van der Waals surface area contributed by atoms with Crippen molar-refractivity contribution in [1.29, 1.82) is 0 Å². The molecule has 0 atom stereocenters. The fourth-order valence-corrected chi connectivity index (χ4v) is 3.88. The quantitative estimate of drug-likeness (QED) is 0.307. The summed E-state index contributed by atoms with van der Waals surface area (Å²) in [6.45, 7) is 14.6. The Morgan fingerprint density at radius 2 is 1.67 bits per heavy atom. The van der Waals surface area contributed by atoms with Crippen molar-refractivity contribution in [3.8, 4) is 0 Å². The standard InChI is InChI=1S/C18H31N3O2S.C7H14F2/c1-7-9-12-24(22,23)20-15-10-11-17(21(6)8-2)16(13-15)19-14-18(3,4)5;1-3-5-6-7(8,9)4-2/h10-11,13-14,20H,7-9,12H2,1-6H3;3-6H2,1-2H3. The minimum absolute atomic E-state index is 0.0208. The second-order valence-corrected chi connectivity index (χ2v) is 11.3. The monoisotopic (exact) mass is 489 g/mol. The van der Waals surface area contributed by atoms with Gasteiger partial charge in [0.25, 0.3) is 0 Å². The zero-order valence-corrected chi connectivity index (χ0v) is 22.7. The van der Waals surface area contributed by atoms with E-state index in [0.717, 1.165) is 30.8 Å². The number of hydrogen-bond donors (Lipinski definition) is 1. The molecule has 0 fully saturated rings. The molecular weight excluding hydrogens is 444 g/mol. The summed E-state index contributed by atoms with van der Waals surface area (Å²) in [7, 11) is -1.31. The van der Waals surface area contributed by atoms with Gasteiger partial charge in [-0.3, -0.25) is 9.71 Å². The van der Waals surface area contributed by atoms with Crippen LogP contribution in [0.1, 0.15) is 87.0 Å². The average Bonchev–Trinajstić information content (AvgIpc) is 2.74. The van der Waals surface area contributed by atoms with E-state index in [1.54, 1.807) is 12.1 Å². The molecule has 1 aromatic carbocycles. The fraction of sp³-hybridized carbons (Fsp3) is 0.720. The number of rotatable bonds is 12. The van der Waals surface area contributed by atoms with Crippen molar-refractivity contribution < 1.29 is 17.2 Å². The van der Waals surface area contributed by atoms with E-state index in [-0.39, 0.29) is 24.0 Å². The molecule has 0 unspecified atom stereocenters. The third-order valence-corrected chi connectivity index (χ3v) is 6.28. The van der Waals surface area contributed by atoms with Crippen molar-refractivity contribution in [3.63, 3.8) is 0 Å². The first-order valence-electron chi connectivity index (χ1n) is 12.0. The van der Waals surface area contributed by atoms with E-state index in [9.17, 15) is 17.2 Å². The number of nitrogens with zero attached hydrogens (tertiary/aromatic N) is 2. The Hall–Kier alpha value is -1.70. The summed E-state index contributed by atoms with van der Waals surface area (Å²) in [5.74, 6) is -2.27. The molecular formula is C25H45F2N3O2S. The van der Waals surface area contributed by atoms with Crippen molar-refractivity contribution in [2.45, 2.75) is 92.9 Å². The number of aliphatic imine (C=N–C) groups is 1. The number of alkyl halides is 2. The fourth-order valence-electron chi connectivity index (χ4n) is 2.62. The molecule has 0 bridgehead atoms. The maximum atomic E-state index is 12.3. The molecule has 0 aromatic heterocycles. The van der Waals surface area contributed by atoms with Crippen molar-refractivity contribution in [2.75, 3.05) is 29.0 Å². The normalized spacial score (nSPS) is 12.4. The topological polar surface area (TPSA) is 61.8 Å². The Labute approximate surface area is 201 Å². The summed E-state index contributed by atoms with van der Waals surface area (Å²) in [4.78, 5) is 6.69. The second-order valence-electron chi connectivity index (χ2n) is 9.43. The minimum atomic E-state index is -3.31. The van der Waals surface area contributed by atoms with Crippen LogP contribution in [0.25, 0.3) is 0 Å². The third-order valence-electron chi connectivity index (χ3n) is 4.91. The first-order chi connectivity index (χ1) is 15.2. The van der Waals surface area contributed by atoms with Gasteiger partial charge in [0.2, 0.25) is 15.9 Å². The molecule has 0 heterocycles. The van der Waals surface area contributed by atoms with Crippen molar-refractivity contribution >= 4 is 33.3 Å². The molecule has 192 valence electrons. The smallest absolute Gasteiger partial charge is 0.247 e. The van der Waals surface area contributed by atoms with Gasteiger partial charge in [-0.1, -0.05) is 54.4 Å². The van der Waals surface area contributed by atoms with E-state index in [2.05, 4.69) is 42.3 Å². The van der Waals surface area contributed by atoms with Crippen LogP contribution in [0.2, 0.25) is 0 Å². The maximum absolute atomic E-state index is 12.3.